The summed E-state index contributed by atoms with van der Waals surface area (Å²) in [6.45, 7) is 2.96. The Kier molecular flexibility index (Phi) is 4.23. The Morgan fingerprint density at radius 2 is 2.32 bits per heavy atom. The molecule has 0 aliphatic carbocycles. The standard InChI is InChI=1S/C18H21N5O2/c1-12(16-8-13-4-2-3-5-15(13)25-16)22-18(24)9-19-14-6-7-17-20-11-21-23(17)10-14/h2-5,8,11-12,14,19H,6-7,9-10H2,1H3,(H,22,24)/t12-,14+/m0/s1. The highest BCUT2D eigenvalue weighted by molar-refractivity contribution is 5.80. The Hall–Kier alpha value is -2.67. The number of benzene rings is 1. The molecule has 0 saturated carbocycles. The van der Waals surface area contributed by atoms with Gasteiger partial charge >= 0.3 is 0 Å². The molecular weight excluding hydrogens is 318 g/mol. The van der Waals surface area contributed by atoms with E-state index in [9.17, 15) is 4.79 Å². The Morgan fingerprint density at radius 1 is 1.44 bits per heavy atom. The van der Waals surface area contributed by atoms with Gasteiger partial charge in [0.05, 0.1) is 19.1 Å². The van der Waals surface area contributed by atoms with Crippen LogP contribution in [0, 0.1) is 0 Å². The molecule has 0 saturated heterocycles. The highest BCUT2D eigenvalue weighted by Gasteiger charge is 2.20. The van der Waals surface area contributed by atoms with Gasteiger partial charge in [-0.05, 0) is 25.5 Å². The van der Waals surface area contributed by atoms with E-state index < -0.39 is 0 Å². The summed E-state index contributed by atoms with van der Waals surface area (Å²) in [6, 6.07) is 9.88. The van der Waals surface area contributed by atoms with E-state index >= 15 is 0 Å². The topological polar surface area (TPSA) is 85.0 Å². The summed E-state index contributed by atoms with van der Waals surface area (Å²) in [6.07, 6.45) is 3.43. The van der Waals surface area contributed by atoms with Crippen molar-refractivity contribution in [2.24, 2.45) is 0 Å². The number of carbonyl (C=O) groups excluding carboxylic acids is 1. The van der Waals surface area contributed by atoms with Gasteiger partial charge in [0.15, 0.2) is 0 Å². The van der Waals surface area contributed by atoms with E-state index in [0.717, 1.165) is 41.9 Å². The number of hydrogen-bond acceptors (Lipinski definition) is 5. The number of carbonyl (C=O) groups is 1. The van der Waals surface area contributed by atoms with Crippen LogP contribution in [-0.4, -0.2) is 33.3 Å². The van der Waals surface area contributed by atoms with E-state index in [4.69, 9.17) is 4.42 Å². The first kappa shape index (κ1) is 15.8. The summed E-state index contributed by atoms with van der Waals surface area (Å²) in [4.78, 5) is 16.4. The van der Waals surface area contributed by atoms with Crippen molar-refractivity contribution >= 4 is 16.9 Å². The van der Waals surface area contributed by atoms with E-state index in [0.29, 0.717) is 0 Å². The average Bonchev–Trinajstić information content (AvgIpc) is 3.25. The van der Waals surface area contributed by atoms with Crippen LogP contribution in [0.4, 0.5) is 0 Å². The SMILES string of the molecule is C[C@H](NC(=O)CN[C@@H]1CCc2ncnn2C1)c1cc2ccccc2o1. The fraction of sp³-hybridized carbons (Fsp3) is 0.389. The van der Waals surface area contributed by atoms with E-state index in [1.165, 1.54) is 0 Å². The van der Waals surface area contributed by atoms with Crippen LogP contribution in [0.5, 0.6) is 0 Å². The van der Waals surface area contributed by atoms with Crippen molar-refractivity contribution in [2.45, 2.75) is 38.4 Å². The Balaban J connectivity index is 1.30. The lowest BCUT2D eigenvalue weighted by Crippen LogP contribution is -2.43. The summed E-state index contributed by atoms with van der Waals surface area (Å²) in [5.41, 5.74) is 0.836. The van der Waals surface area contributed by atoms with Gasteiger partial charge in [0.1, 0.15) is 23.5 Å². The zero-order valence-corrected chi connectivity index (χ0v) is 14.1. The predicted octanol–water partition coefficient (Wildman–Crippen LogP) is 1.81. The van der Waals surface area contributed by atoms with Crippen molar-refractivity contribution in [1.29, 1.82) is 0 Å². The molecule has 1 aliphatic rings. The maximum Gasteiger partial charge on any atom is 0.234 e. The van der Waals surface area contributed by atoms with Crippen LogP contribution in [0.15, 0.2) is 41.1 Å². The third kappa shape index (κ3) is 3.41. The molecule has 1 amide bonds. The minimum absolute atomic E-state index is 0.0441. The monoisotopic (exact) mass is 339 g/mol. The Morgan fingerprint density at radius 3 is 3.20 bits per heavy atom. The number of hydrogen-bond donors (Lipinski definition) is 2. The minimum atomic E-state index is -0.171. The van der Waals surface area contributed by atoms with Gasteiger partial charge in [0.25, 0.3) is 0 Å². The molecule has 0 bridgehead atoms. The molecule has 7 heteroatoms. The quantitative estimate of drug-likeness (QED) is 0.740. The molecule has 2 aromatic heterocycles. The van der Waals surface area contributed by atoms with E-state index in [2.05, 4.69) is 20.7 Å². The van der Waals surface area contributed by atoms with Gasteiger partial charge in [-0.1, -0.05) is 18.2 Å². The summed E-state index contributed by atoms with van der Waals surface area (Å²) in [5.74, 6) is 1.73. The third-order valence-corrected chi connectivity index (χ3v) is 4.61. The average molecular weight is 339 g/mol. The first-order valence-corrected chi connectivity index (χ1v) is 8.57. The zero-order valence-electron chi connectivity index (χ0n) is 14.1. The molecule has 0 fully saturated rings. The maximum atomic E-state index is 12.2. The molecule has 130 valence electrons. The largest absolute Gasteiger partial charge is 0.459 e. The number of aromatic nitrogens is 3. The van der Waals surface area contributed by atoms with Gasteiger partial charge in [-0.2, -0.15) is 5.10 Å². The molecule has 2 atom stereocenters. The number of nitrogens with zero attached hydrogens (tertiary/aromatic N) is 3. The molecule has 1 aliphatic heterocycles. The van der Waals surface area contributed by atoms with Crippen molar-refractivity contribution in [3.05, 3.63) is 48.2 Å². The van der Waals surface area contributed by atoms with Crippen LogP contribution < -0.4 is 10.6 Å². The summed E-state index contributed by atoms with van der Waals surface area (Å²) in [5, 5.41) is 11.5. The number of aryl methyl sites for hydroxylation is 1. The maximum absolute atomic E-state index is 12.2. The second-order valence-corrected chi connectivity index (χ2v) is 6.45. The van der Waals surface area contributed by atoms with Crippen LogP contribution in [0.25, 0.3) is 11.0 Å². The van der Waals surface area contributed by atoms with E-state index in [1.807, 2.05) is 41.9 Å². The number of furan rings is 1. The van der Waals surface area contributed by atoms with Gasteiger partial charge in [-0.15, -0.1) is 0 Å². The van der Waals surface area contributed by atoms with Crippen molar-refractivity contribution in [3.8, 4) is 0 Å². The molecule has 2 N–H and O–H groups in total. The van der Waals surface area contributed by atoms with E-state index in [-0.39, 0.29) is 24.5 Å². The van der Waals surface area contributed by atoms with Crippen LogP contribution in [0.3, 0.4) is 0 Å². The molecule has 3 heterocycles. The normalized spacial score (nSPS) is 18.0. The highest BCUT2D eigenvalue weighted by atomic mass is 16.3. The van der Waals surface area contributed by atoms with Gasteiger partial charge < -0.3 is 15.1 Å². The number of nitrogens with one attached hydrogen (secondary N) is 2. The van der Waals surface area contributed by atoms with Crippen molar-refractivity contribution in [3.63, 3.8) is 0 Å². The Labute approximate surface area is 145 Å². The van der Waals surface area contributed by atoms with Crippen molar-refractivity contribution in [2.75, 3.05) is 6.54 Å². The molecule has 25 heavy (non-hydrogen) atoms. The smallest absolute Gasteiger partial charge is 0.234 e. The molecule has 7 nitrogen and oxygen atoms in total. The molecule has 0 spiro atoms. The summed E-state index contributed by atoms with van der Waals surface area (Å²) >= 11 is 0. The summed E-state index contributed by atoms with van der Waals surface area (Å²) in [7, 11) is 0. The van der Waals surface area contributed by atoms with Crippen molar-refractivity contribution in [1.82, 2.24) is 25.4 Å². The van der Waals surface area contributed by atoms with E-state index in [1.54, 1.807) is 6.33 Å². The van der Waals surface area contributed by atoms with Gasteiger partial charge in [-0.25, -0.2) is 9.67 Å². The molecule has 4 rings (SSSR count). The van der Waals surface area contributed by atoms with Gasteiger partial charge in [-0.3, -0.25) is 4.79 Å². The number of fused-ring (bicyclic) bond motifs is 2. The molecule has 3 aromatic rings. The second kappa shape index (κ2) is 6.68. The number of rotatable bonds is 5. The minimum Gasteiger partial charge on any atom is -0.459 e. The van der Waals surface area contributed by atoms with Crippen LogP contribution >= 0.6 is 0 Å². The third-order valence-electron chi connectivity index (χ3n) is 4.61. The van der Waals surface area contributed by atoms with Crippen LogP contribution in [-0.2, 0) is 17.8 Å². The zero-order chi connectivity index (χ0) is 17.2. The molecule has 0 radical (unpaired) electrons. The molecular formula is C18H21N5O2. The lowest BCUT2D eigenvalue weighted by Gasteiger charge is -2.23. The summed E-state index contributed by atoms with van der Waals surface area (Å²) < 4.78 is 7.70. The first-order chi connectivity index (χ1) is 12.2. The lowest BCUT2D eigenvalue weighted by atomic mass is 10.1. The molecule has 0 unspecified atom stereocenters. The highest BCUT2D eigenvalue weighted by Crippen LogP contribution is 2.23. The van der Waals surface area contributed by atoms with Gasteiger partial charge in [0, 0.05) is 17.8 Å². The Bertz CT molecular complexity index is 851. The second-order valence-electron chi connectivity index (χ2n) is 6.45. The number of amides is 1. The lowest BCUT2D eigenvalue weighted by molar-refractivity contribution is -0.121. The number of para-hydroxylation sites is 1. The van der Waals surface area contributed by atoms with Gasteiger partial charge in [0.2, 0.25) is 5.91 Å². The molecule has 1 aromatic carbocycles. The van der Waals surface area contributed by atoms with Crippen LogP contribution in [0.2, 0.25) is 0 Å². The van der Waals surface area contributed by atoms with Crippen LogP contribution in [0.1, 0.15) is 31.0 Å². The predicted molar refractivity (Wildman–Crippen MR) is 92.9 cm³/mol. The first-order valence-electron chi connectivity index (χ1n) is 8.57. The van der Waals surface area contributed by atoms with Crippen molar-refractivity contribution < 1.29 is 9.21 Å². The fourth-order valence-corrected chi connectivity index (χ4v) is 3.22. The fourth-order valence-electron chi connectivity index (χ4n) is 3.22.